The van der Waals surface area contributed by atoms with Crippen molar-refractivity contribution in [2.45, 2.75) is 45.0 Å². The molecule has 0 aromatic heterocycles. The van der Waals surface area contributed by atoms with E-state index in [-0.39, 0.29) is 35.4 Å². The number of piperidine rings is 1. The Morgan fingerprint density at radius 1 is 1.34 bits per heavy atom. The monoisotopic (exact) mass is 466 g/mol. The van der Waals surface area contributed by atoms with E-state index in [1.165, 1.54) is 12.1 Å². The Kier molecular flexibility index (Phi) is 7.32. The first-order valence-corrected chi connectivity index (χ1v) is 11.1. The van der Waals surface area contributed by atoms with Gasteiger partial charge in [0, 0.05) is 6.54 Å². The van der Waals surface area contributed by atoms with Crippen LogP contribution in [0.2, 0.25) is 0 Å². The molecule has 0 radical (unpaired) electrons. The lowest BCUT2D eigenvalue weighted by atomic mass is 9.95. The van der Waals surface area contributed by atoms with E-state index in [4.69, 9.17) is 5.26 Å². The number of carbonyl (C=O) groups excluding carboxylic acids is 1. The van der Waals surface area contributed by atoms with Crippen LogP contribution in [0.1, 0.15) is 43.4 Å². The summed E-state index contributed by atoms with van der Waals surface area (Å²) in [6.45, 7) is 4.83. The van der Waals surface area contributed by atoms with Crippen molar-refractivity contribution in [3.63, 3.8) is 0 Å². The number of rotatable bonds is 5. The topological polar surface area (TPSA) is 88.7 Å². The van der Waals surface area contributed by atoms with Gasteiger partial charge in [0.25, 0.3) is 5.24 Å². The molecule has 0 bridgehead atoms. The summed E-state index contributed by atoms with van der Waals surface area (Å²) in [4.78, 5) is 18.8. The highest BCUT2D eigenvalue weighted by Gasteiger charge is 2.34. The van der Waals surface area contributed by atoms with Crippen LogP contribution in [0.4, 0.5) is 18.0 Å². The van der Waals surface area contributed by atoms with Gasteiger partial charge in [-0.25, -0.2) is 0 Å². The molecule has 0 unspecified atom stereocenters. The number of carbonyl (C=O) groups is 1. The molecule has 1 amide bonds. The van der Waals surface area contributed by atoms with Crippen LogP contribution in [0.15, 0.2) is 34.2 Å². The van der Waals surface area contributed by atoms with Crippen molar-refractivity contribution in [3.8, 4) is 6.07 Å². The number of aliphatic imine (C=N–C) groups is 1. The van der Waals surface area contributed by atoms with Gasteiger partial charge in [0.2, 0.25) is 0 Å². The highest BCUT2D eigenvalue weighted by molar-refractivity contribution is 8.18. The van der Waals surface area contributed by atoms with Gasteiger partial charge in [-0.1, -0.05) is 12.1 Å². The molecular weight excluding hydrogens is 441 g/mol. The fraction of sp³-hybridized carbons (Fsp3) is 0.500. The SMILES string of the molecule is CC(C)(O)CN=C1NC(=O)SC1=CC1CCN(Cc2ccc(C#N)cc2C(F)(F)F)CC1. The molecule has 2 fully saturated rings. The van der Waals surface area contributed by atoms with Crippen molar-refractivity contribution in [2.75, 3.05) is 19.6 Å². The third-order valence-corrected chi connectivity index (χ3v) is 6.08. The second-order valence-electron chi connectivity index (χ2n) is 8.62. The van der Waals surface area contributed by atoms with Gasteiger partial charge in [-0.3, -0.25) is 14.7 Å². The molecule has 2 N–H and O–H groups in total. The van der Waals surface area contributed by atoms with Crippen LogP contribution < -0.4 is 5.32 Å². The van der Waals surface area contributed by atoms with E-state index in [1.54, 1.807) is 19.9 Å². The lowest BCUT2D eigenvalue weighted by molar-refractivity contribution is -0.138. The Morgan fingerprint density at radius 2 is 2.03 bits per heavy atom. The molecule has 2 aliphatic rings. The van der Waals surface area contributed by atoms with Gasteiger partial charge in [-0.15, -0.1) is 0 Å². The van der Waals surface area contributed by atoms with Crippen molar-refractivity contribution in [1.82, 2.24) is 10.2 Å². The second-order valence-corrected chi connectivity index (χ2v) is 9.63. The van der Waals surface area contributed by atoms with Crippen molar-refractivity contribution in [1.29, 1.82) is 5.26 Å². The molecule has 3 rings (SSSR count). The molecule has 1 aromatic carbocycles. The predicted molar refractivity (Wildman–Crippen MR) is 117 cm³/mol. The maximum Gasteiger partial charge on any atom is 0.416 e. The first-order chi connectivity index (χ1) is 14.9. The number of amidine groups is 1. The lowest BCUT2D eigenvalue weighted by Gasteiger charge is -2.31. The molecular formula is C22H25F3N4O2S. The molecule has 1 aromatic rings. The number of halogens is 3. The summed E-state index contributed by atoms with van der Waals surface area (Å²) in [5, 5.41) is 21.2. The second kappa shape index (κ2) is 9.65. The summed E-state index contributed by atoms with van der Waals surface area (Å²) < 4.78 is 40.2. The molecule has 0 aliphatic carbocycles. The zero-order valence-electron chi connectivity index (χ0n) is 17.9. The van der Waals surface area contributed by atoms with Crippen molar-refractivity contribution >= 4 is 22.8 Å². The van der Waals surface area contributed by atoms with Gasteiger partial charge in [0.15, 0.2) is 0 Å². The zero-order chi connectivity index (χ0) is 23.5. The first kappa shape index (κ1) is 24.3. The minimum absolute atomic E-state index is 0.00863. The molecule has 10 heteroatoms. The number of thioether (sulfide) groups is 1. The standard InChI is InChI=1S/C22H25F3N4O2S/c1-21(2,31)13-27-19-18(32-20(30)28-19)10-14-5-7-29(8-6-14)12-16-4-3-15(11-26)9-17(16)22(23,24)25/h3-4,9-10,14,31H,5-8,12-13H2,1-2H3,(H,27,28,30). The van der Waals surface area contributed by atoms with E-state index in [0.29, 0.717) is 18.9 Å². The predicted octanol–water partition coefficient (Wildman–Crippen LogP) is 4.30. The number of likely N-dealkylation sites (tertiary alicyclic amines) is 1. The van der Waals surface area contributed by atoms with Crippen LogP contribution in [0, 0.1) is 17.2 Å². The molecule has 2 heterocycles. The maximum absolute atomic E-state index is 13.4. The Labute approximate surface area is 189 Å². The number of amides is 1. The molecule has 2 aliphatic heterocycles. The third-order valence-electron chi connectivity index (χ3n) is 5.24. The molecule has 0 atom stereocenters. The van der Waals surface area contributed by atoms with Crippen LogP contribution in [0.25, 0.3) is 0 Å². The molecule has 172 valence electrons. The lowest BCUT2D eigenvalue weighted by Crippen LogP contribution is -2.33. The maximum atomic E-state index is 13.4. The summed E-state index contributed by atoms with van der Waals surface area (Å²) in [5.41, 5.74) is -1.59. The number of aliphatic hydroxyl groups is 1. The van der Waals surface area contributed by atoms with Gasteiger partial charge < -0.3 is 10.4 Å². The largest absolute Gasteiger partial charge is 0.416 e. The van der Waals surface area contributed by atoms with Gasteiger partial charge in [-0.2, -0.15) is 18.4 Å². The molecule has 0 saturated carbocycles. The van der Waals surface area contributed by atoms with E-state index in [2.05, 4.69) is 10.3 Å². The number of hydrogen-bond donors (Lipinski definition) is 2. The van der Waals surface area contributed by atoms with Crippen molar-refractivity contribution < 1.29 is 23.1 Å². The number of benzene rings is 1. The highest BCUT2D eigenvalue weighted by atomic mass is 32.2. The minimum Gasteiger partial charge on any atom is -0.389 e. The van der Waals surface area contributed by atoms with E-state index in [1.807, 2.05) is 11.0 Å². The zero-order valence-corrected chi connectivity index (χ0v) is 18.7. The fourth-order valence-corrected chi connectivity index (χ4v) is 4.44. The number of nitrogens with zero attached hydrogens (tertiary/aromatic N) is 3. The van der Waals surface area contributed by atoms with Gasteiger partial charge in [0.05, 0.1) is 34.2 Å². The highest BCUT2D eigenvalue weighted by Crippen LogP contribution is 2.34. The average Bonchev–Trinajstić information content (AvgIpc) is 3.06. The van der Waals surface area contributed by atoms with Crippen molar-refractivity contribution in [3.05, 3.63) is 45.9 Å². The Hall–Kier alpha value is -2.35. The minimum atomic E-state index is -4.51. The van der Waals surface area contributed by atoms with E-state index >= 15 is 0 Å². The van der Waals surface area contributed by atoms with Crippen LogP contribution in [-0.2, 0) is 12.7 Å². The first-order valence-electron chi connectivity index (χ1n) is 10.2. The number of alkyl halides is 3. The normalized spacial score (nSPS) is 21.2. The molecule has 6 nitrogen and oxygen atoms in total. The summed E-state index contributed by atoms with van der Waals surface area (Å²) in [7, 11) is 0. The molecule has 2 saturated heterocycles. The van der Waals surface area contributed by atoms with E-state index in [9.17, 15) is 23.1 Å². The van der Waals surface area contributed by atoms with Crippen LogP contribution in [0.5, 0.6) is 0 Å². The number of hydrogen-bond acceptors (Lipinski definition) is 6. The van der Waals surface area contributed by atoms with Crippen molar-refractivity contribution in [2.24, 2.45) is 10.9 Å². The fourth-order valence-electron chi connectivity index (χ4n) is 3.62. The van der Waals surface area contributed by atoms with E-state index < -0.39 is 17.3 Å². The number of nitriles is 1. The van der Waals surface area contributed by atoms with Crippen LogP contribution in [0.3, 0.4) is 0 Å². The smallest absolute Gasteiger partial charge is 0.389 e. The van der Waals surface area contributed by atoms with Crippen LogP contribution in [-0.4, -0.2) is 46.3 Å². The van der Waals surface area contributed by atoms with Gasteiger partial charge >= 0.3 is 6.18 Å². The summed E-state index contributed by atoms with van der Waals surface area (Å²) in [6.07, 6.45) is -1.03. The summed E-state index contributed by atoms with van der Waals surface area (Å²) in [6, 6.07) is 5.46. The molecule has 0 spiro atoms. The Bertz CT molecular complexity index is 969. The number of nitrogens with one attached hydrogen (secondary N) is 1. The summed E-state index contributed by atoms with van der Waals surface area (Å²) >= 11 is 1.06. The molecule has 32 heavy (non-hydrogen) atoms. The quantitative estimate of drug-likeness (QED) is 0.676. The number of allylic oxidation sites excluding steroid dienone is 1. The van der Waals surface area contributed by atoms with E-state index in [0.717, 1.165) is 35.6 Å². The summed E-state index contributed by atoms with van der Waals surface area (Å²) in [5.74, 6) is 0.633. The Morgan fingerprint density at radius 3 is 2.62 bits per heavy atom. The van der Waals surface area contributed by atoms with Crippen LogP contribution >= 0.6 is 11.8 Å². The van der Waals surface area contributed by atoms with Gasteiger partial charge in [-0.05, 0) is 75.2 Å². The average molecular weight is 467 g/mol. The Balaban J connectivity index is 1.65. The van der Waals surface area contributed by atoms with Gasteiger partial charge in [0.1, 0.15) is 5.84 Å². The third kappa shape index (κ3) is 6.58.